The summed E-state index contributed by atoms with van der Waals surface area (Å²) in [7, 11) is 0. The Hall–Kier alpha value is -3.47. The number of nitrogens with zero attached hydrogens (tertiary/aromatic N) is 4. The van der Waals surface area contributed by atoms with Crippen LogP contribution in [0.25, 0.3) is 10.9 Å². The molecule has 2 heterocycles. The Bertz CT molecular complexity index is 1450. The second kappa shape index (κ2) is 8.58. The second-order valence-corrected chi connectivity index (χ2v) is 8.46. The maximum atomic E-state index is 13.2. The van der Waals surface area contributed by atoms with Gasteiger partial charge in [-0.05, 0) is 79.8 Å². The van der Waals surface area contributed by atoms with Gasteiger partial charge in [0.2, 0.25) is 0 Å². The van der Waals surface area contributed by atoms with Crippen molar-refractivity contribution in [2.24, 2.45) is 5.10 Å². The number of fused-ring (bicyclic) bond motifs is 1. The first-order valence-electron chi connectivity index (χ1n) is 9.78. The summed E-state index contributed by atoms with van der Waals surface area (Å²) < 4.78 is 3.98. The Balaban J connectivity index is 1.65. The Morgan fingerprint density at radius 2 is 1.88 bits per heavy atom. The zero-order valence-electron chi connectivity index (χ0n) is 17.6. The van der Waals surface area contributed by atoms with Gasteiger partial charge in [0.25, 0.3) is 11.5 Å². The molecule has 162 valence electrons. The van der Waals surface area contributed by atoms with E-state index in [0.717, 1.165) is 17.0 Å². The third-order valence-corrected chi connectivity index (χ3v) is 6.04. The number of nitrogens with one attached hydrogen (secondary N) is 1. The maximum absolute atomic E-state index is 13.2. The highest BCUT2D eigenvalue weighted by Gasteiger charge is 2.15. The summed E-state index contributed by atoms with van der Waals surface area (Å²) in [6.07, 6.45) is 1.53. The smallest absolute Gasteiger partial charge is 0.280 e. The largest absolute Gasteiger partial charge is 0.507 e. The fourth-order valence-electron chi connectivity index (χ4n) is 3.57. The summed E-state index contributed by atoms with van der Waals surface area (Å²) in [6, 6.07) is 13.8. The van der Waals surface area contributed by atoms with Crippen LogP contribution >= 0.6 is 22.6 Å². The quantitative estimate of drug-likeness (QED) is 0.235. The zero-order valence-corrected chi connectivity index (χ0v) is 19.8. The van der Waals surface area contributed by atoms with Crippen LogP contribution in [0.15, 0.2) is 58.4 Å². The molecular formula is C23H20IN5O3. The lowest BCUT2D eigenvalue weighted by Crippen LogP contribution is -2.30. The van der Waals surface area contributed by atoms with E-state index in [1.165, 1.54) is 17.0 Å². The molecule has 0 spiro atoms. The Morgan fingerprint density at radius 1 is 1.12 bits per heavy atom. The van der Waals surface area contributed by atoms with Crippen LogP contribution in [0.3, 0.4) is 0 Å². The average molecular weight is 541 g/mol. The molecule has 2 N–H and O–H groups in total. The summed E-state index contributed by atoms with van der Waals surface area (Å²) in [5.74, 6) is 0.161. The number of phenolic OH excluding ortho intramolecular Hbond substituents is 1. The molecule has 2 aromatic carbocycles. The molecule has 0 bridgehead atoms. The van der Waals surface area contributed by atoms with Gasteiger partial charge in [0.1, 0.15) is 11.6 Å². The van der Waals surface area contributed by atoms with Gasteiger partial charge in [0.05, 0.1) is 20.7 Å². The molecule has 0 aliphatic rings. The molecular weight excluding hydrogens is 521 g/mol. The summed E-state index contributed by atoms with van der Waals surface area (Å²) in [4.78, 5) is 30.0. The van der Waals surface area contributed by atoms with E-state index in [0.29, 0.717) is 25.9 Å². The molecule has 0 aliphatic heterocycles. The lowest BCUT2D eigenvalue weighted by atomic mass is 10.2. The van der Waals surface area contributed by atoms with E-state index < -0.39 is 5.91 Å². The molecule has 0 fully saturated rings. The van der Waals surface area contributed by atoms with Gasteiger partial charge in [0, 0.05) is 22.5 Å². The first-order chi connectivity index (χ1) is 15.3. The number of rotatable bonds is 4. The van der Waals surface area contributed by atoms with E-state index in [1.807, 2.05) is 60.7 Å². The maximum Gasteiger partial charge on any atom is 0.280 e. The van der Waals surface area contributed by atoms with E-state index in [-0.39, 0.29) is 11.3 Å². The number of carbonyl (C=O) groups is 1. The normalized spacial score (nSPS) is 11.4. The van der Waals surface area contributed by atoms with Crippen molar-refractivity contribution in [3.05, 3.63) is 90.8 Å². The van der Waals surface area contributed by atoms with E-state index in [4.69, 9.17) is 0 Å². The number of phenols is 1. The number of para-hydroxylation sites is 1. The predicted molar refractivity (Wildman–Crippen MR) is 131 cm³/mol. The van der Waals surface area contributed by atoms with Gasteiger partial charge in [-0.3, -0.25) is 14.3 Å². The summed E-state index contributed by atoms with van der Waals surface area (Å²) in [6.45, 7) is 5.55. The van der Waals surface area contributed by atoms with Crippen molar-refractivity contribution in [2.45, 2.75) is 20.8 Å². The SMILES string of the molecule is Cc1cc(C=NNC(=O)c2ccc(I)c(O)c2)c(C)n1-n1c(C)nc2ccccc2c1=O. The molecule has 1 amide bonds. The highest BCUT2D eigenvalue weighted by atomic mass is 127. The van der Waals surface area contributed by atoms with Crippen molar-refractivity contribution in [2.75, 3.05) is 0 Å². The minimum absolute atomic E-state index is 0.0376. The van der Waals surface area contributed by atoms with Crippen LogP contribution in [0.2, 0.25) is 0 Å². The van der Waals surface area contributed by atoms with Gasteiger partial charge in [-0.1, -0.05) is 12.1 Å². The zero-order chi connectivity index (χ0) is 23.0. The molecule has 0 unspecified atom stereocenters. The van der Waals surface area contributed by atoms with Crippen molar-refractivity contribution in [1.29, 1.82) is 0 Å². The van der Waals surface area contributed by atoms with Crippen molar-refractivity contribution in [1.82, 2.24) is 19.8 Å². The minimum atomic E-state index is -0.437. The first kappa shape index (κ1) is 21.8. The third-order valence-electron chi connectivity index (χ3n) is 5.13. The van der Waals surface area contributed by atoms with E-state index in [1.54, 1.807) is 29.8 Å². The number of benzene rings is 2. The number of aromatic nitrogens is 3. The van der Waals surface area contributed by atoms with Gasteiger partial charge < -0.3 is 5.11 Å². The van der Waals surface area contributed by atoms with E-state index in [9.17, 15) is 14.7 Å². The van der Waals surface area contributed by atoms with Gasteiger partial charge in [-0.15, -0.1) is 0 Å². The lowest BCUT2D eigenvalue weighted by molar-refractivity contribution is 0.0954. The predicted octanol–water partition coefficient (Wildman–Crippen LogP) is 3.51. The fraction of sp³-hybridized carbons (Fsp3) is 0.130. The van der Waals surface area contributed by atoms with Crippen LogP contribution < -0.4 is 11.0 Å². The molecule has 0 saturated heterocycles. The van der Waals surface area contributed by atoms with Crippen LogP contribution in [0.4, 0.5) is 0 Å². The Kier molecular flexibility index (Phi) is 5.83. The Morgan fingerprint density at radius 3 is 2.62 bits per heavy atom. The number of aryl methyl sites for hydroxylation is 2. The molecule has 0 atom stereocenters. The van der Waals surface area contributed by atoms with E-state index >= 15 is 0 Å². The number of halogens is 1. The third kappa shape index (κ3) is 3.91. The molecule has 32 heavy (non-hydrogen) atoms. The van der Waals surface area contributed by atoms with Gasteiger partial charge in [-0.2, -0.15) is 9.78 Å². The summed E-state index contributed by atoms with van der Waals surface area (Å²) >= 11 is 1.98. The van der Waals surface area contributed by atoms with Crippen molar-refractivity contribution in [3.63, 3.8) is 0 Å². The number of carbonyl (C=O) groups excluding carboxylic acids is 1. The van der Waals surface area contributed by atoms with Gasteiger partial charge in [-0.25, -0.2) is 10.4 Å². The number of amides is 1. The van der Waals surface area contributed by atoms with Gasteiger partial charge in [0.15, 0.2) is 0 Å². The van der Waals surface area contributed by atoms with Crippen molar-refractivity contribution in [3.8, 4) is 5.75 Å². The molecule has 4 rings (SSSR count). The number of aromatic hydroxyl groups is 1. The number of hydrogen-bond donors (Lipinski definition) is 2. The number of hydrazone groups is 1. The highest BCUT2D eigenvalue weighted by Crippen LogP contribution is 2.20. The molecule has 0 saturated carbocycles. The summed E-state index contributed by atoms with van der Waals surface area (Å²) in [5.41, 5.74) is 5.59. The van der Waals surface area contributed by atoms with Crippen LogP contribution in [-0.4, -0.2) is 31.6 Å². The topological polar surface area (TPSA) is 102 Å². The van der Waals surface area contributed by atoms with Crippen LogP contribution in [0.1, 0.15) is 33.1 Å². The summed E-state index contributed by atoms with van der Waals surface area (Å²) in [5, 5.41) is 14.4. The Labute approximate surface area is 197 Å². The fourth-order valence-corrected chi connectivity index (χ4v) is 3.90. The van der Waals surface area contributed by atoms with Crippen LogP contribution in [0, 0.1) is 24.3 Å². The van der Waals surface area contributed by atoms with Crippen LogP contribution in [-0.2, 0) is 0 Å². The molecule has 2 aromatic heterocycles. The van der Waals surface area contributed by atoms with Gasteiger partial charge >= 0.3 is 0 Å². The second-order valence-electron chi connectivity index (χ2n) is 7.30. The highest BCUT2D eigenvalue weighted by molar-refractivity contribution is 14.1. The minimum Gasteiger partial charge on any atom is -0.507 e. The average Bonchev–Trinajstić information content (AvgIpc) is 3.03. The van der Waals surface area contributed by atoms with Crippen molar-refractivity contribution >= 4 is 45.6 Å². The standard InChI is InChI=1S/C23H20IN5O3/c1-13-10-17(12-25-27-22(31)16-8-9-19(24)21(30)11-16)14(2)28(13)29-15(3)26-20-7-5-4-6-18(20)23(29)32/h4-12,30H,1-3H3,(H,27,31). The number of hydrogen-bond acceptors (Lipinski definition) is 5. The lowest BCUT2D eigenvalue weighted by Gasteiger charge is -2.16. The first-order valence-corrected chi connectivity index (χ1v) is 10.9. The molecule has 8 nitrogen and oxygen atoms in total. The van der Waals surface area contributed by atoms with E-state index in [2.05, 4.69) is 15.5 Å². The van der Waals surface area contributed by atoms with Crippen molar-refractivity contribution < 1.29 is 9.90 Å². The molecule has 0 radical (unpaired) electrons. The van der Waals surface area contributed by atoms with Crippen LogP contribution in [0.5, 0.6) is 5.75 Å². The molecule has 0 aliphatic carbocycles. The molecule has 9 heteroatoms. The monoisotopic (exact) mass is 541 g/mol. The molecule has 4 aromatic rings.